The van der Waals surface area contributed by atoms with Gasteiger partial charge in [0.05, 0.1) is 10.0 Å². The topological polar surface area (TPSA) is 38.9 Å². The molecule has 0 amide bonds. The maximum absolute atomic E-state index is 6.20. The zero-order valence-electron chi connectivity index (χ0n) is 10.0. The van der Waals surface area contributed by atoms with Gasteiger partial charge < -0.3 is 5.73 Å². The van der Waals surface area contributed by atoms with Crippen LogP contribution in [0.15, 0.2) is 36.7 Å². The Morgan fingerprint density at radius 2 is 2.00 bits per heavy atom. The van der Waals surface area contributed by atoms with Gasteiger partial charge in [-0.05, 0) is 48.2 Å². The molecule has 4 heteroatoms. The van der Waals surface area contributed by atoms with E-state index in [1.165, 1.54) is 0 Å². The van der Waals surface area contributed by atoms with Crippen molar-refractivity contribution in [3.05, 3.63) is 63.4 Å². The minimum Gasteiger partial charge on any atom is -0.324 e. The van der Waals surface area contributed by atoms with Crippen molar-refractivity contribution in [2.24, 2.45) is 5.73 Å². The van der Waals surface area contributed by atoms with Crippen molar-refractivity contribution in [3.63, 3.8) is 0 Å². The Morgan fingerprint density at radius 3 is 2.67 bits per heavy atom. The van der Waals surface area contributed by atoms with Crippen LogP contribution >= 0.6 is 23.2 Å². The molecule has 2 N–H and O–H groups in total. The molecular formula is C14H14Cl2N2. The first-order chi connectivity index (χ1) is 8.58. The number of halogens is 2. The molecule has 1 atom stereocenters. The number of rotatable bonds is 3. The van der Waals surface area contributed by atoms with Crippen LogP contribution in [0, 0.1) is 6.92 Å². The van der Waals surface area contributed by atoms with Gasteiger partial charge in [-0.2, -0.15) is 0 Å². The maximum atomic E-state index is 6.20. The van der Waals surface area contributed by atoms with Crippen LogP contribution in [0.25, 0.3) is 0 Å². The molecule has 2 nitrogen and oxygen atoms in total. The highest BCUT2D eigenvalue weighted by atomic mass is 35.5. The van der Waals surface area contributed by atoms with Crippen LogP contribution in [-0.4, -0.2) is 4.98 Å². The molecule has 2 rings (SSSR count). The van der Waals surface area contributed by atoms with Crippen molar-refractivity contribution in [3.8, 4) is 0 Å². The predicted molar refractivity (Wildman–Crippen MR) is 76.1 cm³/mol. The fourth-order valence-electron chi connectivity index (χ4n) is 1.89. The number of aryl methyl sites for hydroxylation is 1. The van der Waals surface area contributed by atoms with Crippen molar-refractivity contribution < 1.29 is 0 Å². The van der Waals surface area contributed by atoms with Crippen molar-refractivity contribution in [2.45, 2.75) is 19.4 Å². The summed E-state index contributed by atoms with van der Waals surface area (Å²) in [6.07, 6.45) is 4.30. The Bertz CT molecular complexity index is 555. The van der Waals surface area contributed by atoms with Gasteiger partial charge >= 0.3 is 0 Å². The summed E-state index contributed by atoms with van der Waals surface area (Å²) >= 11 is 11.9. The molecule has 0 radical (unpaired) electrons. The summed E-state index contributed by atoms with van der Waals surface area (Å²) in [5.74, 6) is 0. The Balaban J connectivity index is 2.19. The molecule has 1 unspecified atom stereocenters. The van der Waals surface area contributed by atoms with E-state index < -0.39 is 0 Å². The molecule has 94 valence electrons. The number of hydrogen-bond donors (Lipinski definition) is 1. The molecule has 18 heavy (non-hydrogen) atoms. The molecular weight excluding hydrogens is 267 g/mol. The number of benzene rings is 1. The van der Waals surface area contributed by atoms with Gasteiger partial charge in [-0.3, -0.25) is 4.98 Å². The number of nitrogens with two attached hydrogens (primary N) is 1. The van der Waals surface area contributed by atoms with E-state index >= 15 is 0 Å². The Kier molecular flexibility index (Phi) is 4.23. The van der Waals surface area contributed by atoms with Gasteiger partial charge in [-0.1, -0.05) is 29.3 Å². The first-order valence-electron chi connectivity index (χ1n) is 5.68. The van der Waals surface area contributed by atoms with E-state index in [2.05, 4.69) is 4.98 Å². The van der Waals surface area contributed by atoms with E-state index in [4.69, 9.17) is 28.9 Å². The van der Waals surface area contributed by atoms with Crippen LogP contribution in [-0.2, 0) is 6.42 Å². The Labute approximate surface area is 117 Å². The first-order valence-corrected chi connectivity index (χ1v) is 6.43. The van der Waals surface area contributed by atoms with E-state index in [1.54, 1.807) is 12.3 Å². The zero-order valence-corrected chi connectivity index (χ0v) is 11.5. The SMILES string of the molecule is Cc1ccncc1C(N)Cc1ccc(Cl)c(Cl)c1. The largest absolute Gasteiger partial charge is 0.324 e. The summed E-state index contributed by atoms with van der Waals surface area (Å²) in [6.45, 7) is 2.03. The van der Waals surface area contributed by atoms with E-state index in [0.29, 0.717) is 16.5 Å². The fourth-order valence-corrected chi connectivity index (χ4v) is 2.22. The van der Waals surface area contributed by atoms with Gasteiger partial charge in [-0.15, -0.1) is 0 Å². The third-order valence-electron chi connectivity index (χ3n) is 2.92. The van der Waals surface area contributed by atoms with Gasteiger partial charge in [0.2, 0.25) is 0 Å². The molecule has 0 aliphatic heterocycles. The quantitative estimate of drug-likeness (QED) is 0.925. The fraction of sp³-hybridized carbons (Fsp3) is 0.214. The zero-order chi connectivity index (χ0) is 13.1. The predicted octanol–water partition coefficient (Wildman–Crippen LogP) is 3.94. The second-order valence-electron chi connectivity index (χ2n) is 4.29. The molecule has 1 aromatic heterocycles. The van der Waals surface area contributed by atoms with E-state index in [1.807, 2.05) is 31.3 Å². The van der Waals surface area contributed by atoms with E-state index in [-0.39, 0.29) is 6.04 Å². The van der Waals surface area contributed by atoms with Crippen molar-refractivity contribution in [1.82, 2.24) is 4.98 Å². The smallest absolute Gasteiger partial charge is 0.0595 e. The Morgan fingerprint density at radius 1 is 1.22 bits per heavy atom. The van der Waals surface area contributed by atoms with Crippen LogP contribution in [0.5, 0.6) is 0 Å². The molecule has 0 aliphatic rings. The lowest BCUT2D eigenvalue weighted by atomic mass is 9.98. The standard InChI is InChI=1S/C14H14Cl2N2/c1-9-4-5-18-8-11(9)14(17)7-10-2-3-12(15)13(16)6-10/h2-6,8,14H,7,17H2,1H3. The van der Waals surface area contributed by atoms with Gasteiger partial charge in [0.25, 0.3) is 0 Å². The van der Waals surface area contributed by atoms with Crippen LogP contribution in [0.1, 0.15) is 22.7 Å². The summed E-state index contributed by atoms with van der Waals surface area (Å²) in [6, 6.07) is 7.47. The molecule has 0 saturated heterocycles. The van der Waals surface area contributed by atoms with E-state index in [0.717, 1.165) is 16.7 Å². The molecule has 0 fully saturated rings. The molecule has 0 spiro atoms. The summed E-state index contributed by atoms with van der Waals surface area (Å²) in [5.41, 5.74) is 9.48. The molecule has 2 aromatic rings. The van der Waals surface area contributed by atoms with Gasteiger partial charge in [0, 0.05) is 18.4 Å². The maximum Gasteiger partial charge on any atom is 0.0595 e. The summed E-state index contributed by atoms with van der Waals surface area (Å²) in [4.78, 5) is 4.11. The molecule has 0 bridgehead atoms. The molecule has 1 heterocycles. The number of nitrogens with zero attached hydrogens (tertiary/aromatic N) is 1. The molecule has 0 saturated carbocycles. The highest BCUT2D eigenvalue weighted by Gasteiger charge is 2.10. The van der Waals surface area contributed by atoms with Crippen molar-refractivity contribution in [2.75, 3.05) is 0 Å². The van der Waals surface area contributed by atoms with Gasteiger partial charge in [0.15, 0.2) is 0 Å². The lowest BCUT2D eigenvalue weighted by Crippen LogP contribution is -2.15. The lowest BCUT2D eigenvalue weighted by molar-refractivity contribution is 0.712. The molecule has 1 aromatic carbocycles. The monoisotopic (exact) mass is 280 g/mol. The number of hydrogen-bond acceptors (Lipinski definition) is 2. The summed E-state index contributed by atoms with van der Waals surface area (Å²) < 4.78 is 0. The second-order valence-corrected chi connectivity index (χ2v) is 5.11. The third-order valence-corrected chi connectivity index (χ3v) is 3.66. The average molecular weight is 281 g/mol. The van der Waals surface area contributed by atoms with E-state index in [9.17, 15) is 0 Å². The van der Waals surface area contributed by atoms with Gasteiger partial charge in [-0.25, -0.2) is 0 Å². The van der Waals surface area contributed by atoms with Crippen molar-refractivity contribution >= 4 is 23.2 Å². The third kappa shape index (κ3) is 3.02. The Hall–Kier alpha value is -1.09. The van der Waals surface area contributed by atoms with Crippen molar-refractivity contribution in [1.29, 1.82) is 0 Å². The van der Waals surface area contributed by atoms with Crippen LogP contribution in [0.2, 0.25) is 10.0 Å². The minimum atomic E-state index is -0.0871. The lowest BCUT2D eigenvalue weighted by Gasteiger charge is -2.14. The minimum absolute atomic E-state index is 0.0871. The highest BCUT2D eigenvalue weighted by molar-refractivity contribution is 6.42. The number of aromatic nitrogens is 1. The van der Waals surface area contributed by atoms with Crippen LogP contribution < -0.4 is 5.73 Å². The average Bonchev–Trinajstić information content (AvgIpc) is 2.34. The first kappa shape index (κ1) is 13.3. The number of pyridine rings is 1. The highest BCUT2D eigenvalue weighted by Crippen LogP contribution is 2.25. The normalized spacial score (nSPS) is 12.4. The summed E-state index contributed by atoms with van der Waals surface area (Å²) in [5, 5.41) is 1.12. The molecule has 0 aliphatic carbocycles. The van der Waals surface area contributed by atoms with Crippen LogP contribution in [0.4, 0.5) is 0 Å². The second kappa shape index (κ2) is 5.70. The van der Waals surface area contributed by atoms with Gasteiger partial charge in [0.1, 0.15) is 0 Å². The van der Waals surface area contributed by atoms with Crippen LogP contribution in [0.3, 0.4) is 0 Å². The summed E-state index contributed by atoms with van der Waals surface area (Å²) in [7, 11) is 0.